The second kappa shape index (κ2) is 8.99. The van der Waals surface area contributed by atoms with Gasteiger partial charge in [-0.05, 0) is 36.2 Å². The quantitative estimate of drug-likeness (QED) is 0.581. The Kier molecular flexibility index (Phi) is 6.17. The van der Waals surface area contributed by atoms with E-state index in [1.807, 2.05) is 36.7 Å². The van der Waals surface area contributed by atoms with Crippen LogP contribution in [0.3, 0.4) is 0 Å². The van der Waals surface area contributed by atoms with Crippen molar-refractivity contribution >= 4 is 0 Å². The van der Waals surface area contributed by atoms with Gasteiger partial charge in [-0.15, -0.1) is 0 Å². The molecule has 0 saturated heterocycles. The van der Waals surface area contributed by atoms with Gasteiger partial charge in [0.05, 0.1) is 18.5 Å². The zero-order valence-corrected chi connectivity index (χ0v) is 14.5. The second-order valence-electron chi connectivity index (χ2n) is 5.96. The summed E-state index contributed by atoms with van der Waals surface area (Å²) in [6.07, 6.45) is 7.70. The van der Waals surface area contributed by atoms with Crippen LogP contribution in [0.5, 0.6) is 5.75 Å². The number of nitrogens with one attached hydrogen (secondary N) is 2. The number of rotatable bonds is 9. The Bertz CT molecular complexity index is 770. The van der Waals surface area contributed by atoms with Crippen LogP contribution in [-0.2, 0) is 13.1 Å². The molecule has 3 rings (SSSR count). The lowest BCUT2D eigenvalue weighted by atomic mass is 10.1. The number of aromatic amines is 1. The van der Waals surface area contributed by atoms with Crippen molar-refractivity contribution in [3.8, 4) is 17.0 Å². The van der Waals surface area contributed by atoms with E-state index in [0.717, 1.165) is 55.1 Å². The Balaban J connectivity index is 1.55. The van der Waals surface area contributed by atoms with Crippen molar-refractivity contribution in [3.63, 3.8) is 0 Å². The SMILES string of the molecule is CCCCOc1cccc(CNCc2cn[nH]c2-c2cccnc2)c1. The van der Waals surface area contributed by atoms with Crippen LogP contribution >= 0.6 is 0 Å². The number of unbranched alkanes of at least 4 members (excludes halogenated alkanes) is 1. The first-order valence-electron chi connectivity index (χ1n) is 8.72. The molecule has 2 N–H and O–H groups in total. The minimum Gasteiger partial charge on any atom is -0.494 e. The maximum Gasteiger partial charge on any atom is 0.119 e. The number of aromatic nitrogens is 3. The van der Waals surface area contributed by atoms with Crippen LogP contribution in [-0.4, -0.2) is 21.8 Å². The van der Waals surface area contributed by atoms with Gasteiger partial charge in [0.25, 0.3) is 0 Å². The van der Waals surface area contributed by atoms with E-state index in [1.54, 1.807) is 6.20 Å². The van der Waals surface area contributed by atoms with Gasteiger partial charge in [-0.3, -0.25) is 10.1 Å². The average molecular weight is 336 g/mol. The van der Waals surface area contributed by atoms with E-state index in [4.69, 9.17) is 4.74 Å². The topological polar surface area (TPSA) is 62.8 Å². The molecule has 1 aromatic carbocycles. The van der Waals surface area contributed by atoms with Crippen molar-refractivity contribution in [1.29, 1.82) is 0 Å². The van der Waals surface area contributed by atoms with Crippen LogP contribution in [0.4, 0.5) is 0 Å². The van der Waals surface area contributed by atoms with Gasteiger partial charge in [0, 0.05) is 36.6 Å². The molecule has 0 atom stereocenters. The summed E-state index contributed by atoms with van der Waals surface area (Å²) in [5, 5.41) is 10.7. The highest BCUT2D eigenvalue weighted by Gasteiger charge is 2.07. The molecule has 5 heteroatoms. The molecule has 0 radical (unpaired) electrons. The van der Waals surface area contributed by atoms with Gasteiger partial charge in [-0.1, -0.05) is 25.5 Å². The first-order valence-corrected chi connectivity index (χ1v) is 8.72. The summed E-state index contributed by atoms with van der Waals surface area (Å²) in [6, 6.07) is 12.2. The predicted octanol–water partition coefficient (Wildman–Crippen LogP) is 3.94. The van der Waals surface area contributed by atoms with Crippen LogP contribution in [0.2, 0.25) is 0 Å². The van der Waals surface area contributed by atoms with Gasteiger partial charge in [0.1, 0.15) is 5.75 Å². The van der Waals surface area contributed by atoms with E-state index in [-0.39, 0.29) is 0 Å². The van der Waals surface area contributed by atoms with E-state index in [0.29, 0.717) is 0 Å². The molecule has 0 bridgehead atoms. The number of ether oxygens (including phenoxy) is 1. The molecule has 130 valence electrons. The van der Waals surface area contributed by atoms with E-state index in [9.17, 15) is 0 Å². The van der Waals surface area contributed by atoms with Crippen molar-refractivity contribution in [1.82, 2.24) is 20.5 Å². The highest BCUT2D eigenvalue weighted by molar-refractivity contribution is 5.61. The van der Waals surface area contributed by atoms with Gasteiger partial charge >= 0.3 is 0 Å². The maximum absolute atomic E-state index is 5.77. The lowest BCUT2D eigenvalue weighted by Crippen LogP contribution is -2.13. The smallest absolute Gasteiger partial charge is 0.119 e. The molecule has 2 aromatic heterocycles. The molecular formula is C20H24N4O. The number of nitrogens with zero attached hydrogens (tertiary/aromatic N) is 2. The zero-order chi connectivity index (χ0) is 17.3. The number of hydrogen-bond acceptors (Lipinski definition) is 4. The molecule has 0 aliphatic carbocycles. The molecule has 25 heavy (non-hydrogen) atoms. The van der Waals surface area contributed by atoms with Gasteiger partial charge in [-0.2, -0.15) is 5.10 Å². The summed E-state index contributed by atoms with van der Waals surface area (Å²) in [5.74, 6) is 0.937. The maximum atomic E-state index is 5.77. The van der Waals surface area contributed by atoms with Crippen molar-refractivity contribution in [2.24, 2.45) is 0 Å². The van der Waals surface area contributed by atoms with Crippen molar-refractivity contribution < 1.29 is 4.74 Å². The second-order valence-corrected chi connectivity index (χ2v) is 5.96. The Labute approximate surface area is 148 Å². The summed E-state index contributed by atoms with van der Waals surface area (Å²) in [5.41, 5.74) is 4.39. The third kappa shape index (κ3) is 4.90. The standard InChI is InChI=1S/C20H24N4O/c1-2-3-10-25-19-8-4-6-16(11-19)12-22-14-18-15-23-24-20(18)17-7-5-9-21-13-17/h4-9,11,13,15,22H,2-3,10,12,14H2,1H3,(H,23,24). The molecule has 0 fully saturated rings. The molecule has 5 nitrogen and oxygen atoms in total. The Morgan fingerprint density at radius 1 is 1.12 bits per heavy atom. The fourth-order valence-corrected chi connectivity index (χ4v) is 2.63. The molecule has 3 aromatic rings. The number of H-pyrrole nitrogens is 1. The van der Waals surface area contributed by atoms with Crippen molar-refractivity contribution in [2.75, 3.05) is 6.61 Å². The Morgan fingerprint density at radius 2 is 2.08 bits per heavy atom. The largest absolute Gasteiger partial charge is 0.494 e. The zero-order valence-electron chi connectivity index (χ0n) is 14.5. The van der Waals surface area contributed by atoms with Crippen LogP contribution in [0, 0.1) is 0 Å². The first-order chi connectivity index (χ1) is 12.4. The van der Waals surface area contributed by atoms with Crippen molar-refractivity contribution in [3.05, 3.63) is 66.1 Å². The Hall–Kier alpha value is -2.66. The minimum absolute atomic E-state index is 0.738. The van der Waals surface area contributed by atoms with Crippen LogP contribution in [0.25, 0.3) is 11.3 Å². The summed E-state index contributed by atoms with van der Waals surface area (Å²) < 4.78 is 5.77. The van der Waals surface area contributed by atoms with Gasteiger partial charge in [0.15, 0.2) is 0 Å². The monoisotopic (exact) mass is 336 g/mol. The van der Waals surface area contributed by atoms with Gasteiger partial charge in [-0.25, -0.2) is 0 Å². The van der Waals surface area contributed by atoms with E-state index < -0.39 is 0 Å². The molecule has 0 spiro atoms. The molecule has 0 aliphatic heterocycles. The number of hydrogen-bond donors (Lipinski definition) is 2. The molecule has 0 saturated carbocycles. The fraction of sp³-hybridized carbons (Fsp3) is 0.300. The number of benzene rings is 1. The third-order valence-corrected chi connectivity index (χ3v) is 3.98. The minimum atomic E-state index is 0.738. The van der Waals surface area contributed by atoms with E-state index in [1.165, 1.54) is 5.56 Å². The predicted molar refractivity (Wildman–Crippen MR) is 99.2 cm³/mol. The van der Waals surface area contributed by atoms with E-state index >= 15 is 0 Å². The van der Waals surface area contributed by atoms with Gasteiger partial charge in [0.2, 0.25) is 0 Å². The third-order valence-electron chi connectivity index (χ3n) is 3.98. The molecule has 0 amide bonds. The van der Waals surface area contributed by atoms with Crippen LogP contribution < -0.4 is 10.1 Å². The summed E-state index contributed by atoms with van der Waals surface area (Å²) >= 11 is 0. The highest BCUT2D eigenvalue weighted by Crippen LogP contribution is 2.20. The molecule has 0 aliphatic rings. The van der Waals surface area contributed by atoms with Crippen molar-refractivity contribution in [2.45, 2.75) is 32.9 Å². The normalized spacial score (nSPS) is 10.8. The van der Waals surface area contributed by atoms with E-state index in [2.05, 4.69) is 39.6 Å². The average Bonchev–Trinajstić information content (AvgIpc) is 3.12. The summed E-state index contributed by atoms with van der Waals surface area (Å²) in [4.78, 5) is 4.17. The fourth-order valence-electron chi connectivity index (χ4n) is 2.63. The lowest BCUT2D eigenvalue weighted by molar-refractivity contribution is 0.309. The molecule has 0 unspecified atom stereocenters. The summed E-state index contributed by atoms with van der Waals surface area (Å²) in [6.45, 7) is 4.46. The molecular weight excluding hydrogens is 312 g/mol. The number of pyridine rings is 1. The lowest BCUT2D eigenvalue weighted by Gasteiger charge is -2.09. The Morgan fingerprint density at radius 3 is 2.92 bits per heavy atom. The summed E-state index contributed by atoms with van der Waals surface area (Å²) in [7, 11) is 0. The highest BCUT2D eigenvalue weighted by atomic mass is 16.5. The van der Waals surface area contributed by atoms with Crippen LogP contribution in [0.1, 0.15) is 30.9 Å². The van der Waals surface area contributed by atoms with Gasteiger partial charge < -0.3 is 10.1 Å². The first kappa shape index (κ1) is 17.2. The molecule has 2 heterocycles. The van der Waals surface area contributed by atoms with Crippen LogP contribution in [0.15, 0.2) is 55.0 Å².